The molecule has 0 aliphatic carbocycles. The molecule has 0 fully saturated rings. The van der Waals surface area contributed by atoms with Crippen molar-refractivity contribution in [2.24, 2.45) is 5.73 Å². The van der Waals surface area contributed by atoms with Gasteiger partial charge in [-0.25, -0.2) is 8.78 Å². The van der Waals surface area contributed by atoms with Crippen molar-refractivity contribution < 1.29 is 8.78 Å². The van der Waals surface area contributed by atoms with Gasteiger partial charge in [-0.2, -0.15) is 0 Å². The van der Waals surface area contributed by atoms with E-state index in [4.69, 9.17) is 5.73 Å². The Kier molecular flexibility index (Phi) is 3.00. The fourth-order valence-electron chi connectivity index (χ4n) is 0.527. The maximum Gasteiger partial charge on any atom is 0.272 e. The van der Waals surface area contributed by atoms with Crippen LogP contribution in [0.15, 0.2) is 0 Å². The fraction of sp³-hybridized carbons (Fsp3) is 1.00. The second-order valence-electron chi connectivity index (χ2n) is 2.30. The lowest BCUT2D eigenvalue weighted by Crippen LogP contribution is -2.38. The molecule has 0 aromatic heterocycles. The first kappa shape index (κ1) is 8.78. The lowest BCUT2D eigenvalue weighted by atomic mass is 10.3. The van der Waals surface area contributed by atoms with E-state index in [9.17, 15) is 8.78 Å². The number of alkyl halides is 2. The Morgan fingerprint density at radius 1 is 1.44 bits per heavy atom. The predicted molar refractivity (Wildman–Crippen MR) is 32.6 cm³/mol. The predicted octanol–water partition coefficient (Wildman–Crippen LogP) is 0.142. The first-order chi connectivity index (χ1) is 3.98. The van der Waals surface area contributed by atoms with E-state index in [1.807, 2.05) is 0 Å². The quantitative estimate of drug-likeness (QED) is 0.601. The van der Waals surface area contributed by atoms with Crippen LogP contribution < -0.4 is 5.73 Å². The first-order valence-electron chi connectivity index (χ1n) is 2.70. The molecule has 0 aromatic rings. The van der Waals surface area contributed by atoms with Crippen LogP contribution in [0.3, 0.4) is 0 Å². The standard InChI is InChI=1S/C5H12F2N2/c1-9(2)4-5(6,7)3-8/h3-4,8H2,1-2H3. The van der Waals surface area contributed by atoms with Crippen LogP contribution in [0.4, 0.5) is 8.78 Å². The van der Waals surface area contributed by atoms with Crippen molar-refractivity contribution in [2.75, 3.05) is 27.2 Å². The number of hydrogen-bond donors (Lipinski definition) is 1. The third-order valence-electron chi connectivity index (χ3n) is 0.846. The van der Waals surface area contributed by atoms with Crippen LogP contribution in [0.25, 0.3) is 0 Å². The SMILES string of the molecule is CN(C)CC(F)(F)CN. The largest absolute Gasteiger partial charge is 0.325 e. The highest BCUT2D eigenvalue weighted by Gasteiger charge is 2.26. The summed E-state index contributed by atoms with van der Waals surface area (Å²) in [5.74, 6) is -2.73. The summed E-state index contributed by atoms with van der Waals surface area (Å²) in [7, 11) is 3.17. The average Bonchev–Trinajstić information content (AvgIpc) is 1.63. The number of halogens is 2. The number of rotatable bonds is 3. The van der Waals surface area contributed by atoms with Gasteiger partial charge in [0.25, 0.3) is 5.92 Å². The molecule has 0 aliphatic heterocycles. The smallest absolute Gasteiger partial charge is 0.272 e. The zero-order valence-corrected chi connectivity index (χ0v) is 5.69. The van der Waals surface area contributed by atoms with Crippen LogP contribution in [0.5, 0.6) is 0 Å². The summed E-state index contributed by atoms with van der Waals surface area (Å²) in [4.78, 5) is 1.41. The van der Waals surface area contributed by atoms with Gasteiger partial charge in [0.1, 0.15) is 0 Å². The van der Waals surface area contributed by atoms with Gasteiger partial charge < -0.3 is 10.6 Å². The van der Waals surface area contributed by atoms with Gasteiger partial charge in [0.15, 0.2) is 0 Å². The third kappa shape index (κ3) is 4.29. The van der Waals surface area contributed by atoms with Crippen molar-refractivity contribution in [1.29, 1.82) is 0 Å². The fourth-order valence-corrected chi connectivity index (χ4v) is 0.527. The van der Waals surface area contributed by atoms with Crippen molar-refractivity contribution in [2.45, 2.75) is 5.92 Å². The van der Waals surface area contributed by atoms with E-state index in [1.54, 1.807) is 14.1 Å². The van der Waals surface area contributed by atoms with Crippen LogP contribution in [-0.2, 0) is 0 Å². The molecule has 56 valence electrons. The molecule has 0 aliphatic rings. The molecule has 0 radical (unpaired) electrons. The van der Waals surface area contributed by atoms with Crippen LogP contribution >= 0.6 is 0 Å². The molecular weight excluding hydrogens is 126 g/mol. The Morgan fingerprint density at radius 2 is 1.89 bits per heavy atom. The molecule has 0 unspecified atom stereocenters. The molecule has 0 aromatic carbocycles. The van der Waals surface area contributed by atoms with Crippen LogP contribution in [0.1, 0.15) is 0 Å². The highest BCUT2D eigenvalue weighted by molar-refractivity contribution is 4.68. The minimum absolute atomic E-state index is 0.274. The topological polar surface area (TPSA) is 29.3 Å². The monoisotopic (exact) mass is 138 g/mol. The normalized spacial score (nSPS) is 12.7. The number of nitrogens with two attached hydrogens (primary N) is 1. The summed E-state index contributed by atoms with van der Waals surface area (Å²) < 4.78 is 24.5. The van der Waals surface area contributed by atoms with Crippen LogP contribution in [0.2, 0.25) is 0 Å². The molecule has 0 bridgehead atoms. The Bertz CT molecular complexity index is 83.0. The van der Waals surface area contributed by atoms with Gasteiger partial charge in [0, 0.05) is 0 Å². The van der Waals surface area contributed by atoms with Gasteiger partial charge in [0.05, 0.1) is 13.1 Å². The molecule has 0 saturated heterocycles. The van der Waals surface area contributed by atoms with Gasteiger partial charge in [-0.15, -0.1) is 0 Å². The Hall–Kier alpha value is -0.220. The van der Waals surface area contributed by atoms with E-state index in [0.717, 1.165) is 0 Å². The molecule has 0 rings (SSSR count). The van der Waals surface area contributed by atoms with E-state index in [2.05, 4.69) is 0 Å². The molecule has 0 atom stereocenters. The second-order valence-corrected chi connectivity index (χ2v) is 2.30. The summed E-state index contributed by atoms with van der Waals surface area (Å²) in [6, 6.07) is 0. The maximum atomic E-state index is 12.2. The first-order valence-corrected chi connectivity index (χ1v) is 2.70. The molecule has 2 nitrogen and oxygen atoms in total. The summed E-state index contributed by atoms with van der Waals surface area (Å²) in [5.41, 5.74) is 4.78. The molecule has 0 saturated carbocycles. The Morgan fingerprint density at radius 3 is 2.00 bits per heavy atom. The molecule has 0 amide bonds. The van der Waals surface area contributed by atoms with E-state index >= 15 is 0 Å². The second kappa shape index (κ2) is 3.08. The highest BCUT2D eigenvalue weighted by atomic mass is 19.3. The lowest BCUT2D eigenvalue weighted by Gasteiger charge is -2.17. The van der Waals surface area contributed by atoms with E-state index in [-0.39, 0.29) is 6.54 Å². The zero-order chi connectivity index (χ0) is 7.49. The van der Waals surface area contributed by atoms with Crippen molar-refractivity contribution in [3.05, 3.63) is 0 Å². The highest BCUT2D eigenvalue weighted by Crippen LogP contribution is 2.10. The van der Waals surface area contributed by atoms with Gasteiger partial charge in [-0.1, -0.05) is 0 Å². The third-order valence-corrected chi connectivity index (χ3v) is 0.846. The number of nitrogens with zero attached hydrogens (tertiary/aromatic N) is 1. The summed E-state index contributed by atoms with van der Waals surface area (Å²) in [6.07, 6.45) is 0. The average molecular weight is 138 g/mol. The zero-order valence-electron chi connectivity index (χ0n) is 5.69. The summed E-state index contributed by atoms with van der Waals surface area (Å²) in [6.45, 7) is -0.852. The van der Waals surface area contributed by atoms with E-state index in [0.29, 0.717) is 0 Å². The Labute approximate surface area is 53.6 Å². The maximum absolute atomic E-state index is 12.2. The van der Waals surface area contributed by atoms with Crippen LogP contribution in [-0.4, -0.2) is 38.0 Å². The molecule has 4 heteroatoms. The van der Waals surface area contributed by atoms with E-state index in [1.165, 1.54) is 4.90 Å². The Balaban J connectivity index is 3.58. The van der Waals surface area contributed by atoms with Gasteiger partial charge in [-0.05, 0) is 14.1 Å². The molecular formula is C5H12F2N2. The minimum Gasteiger partial charge on any atom is -0.325 e. The minimum atomic E-state index is -2.73. The van der Waals surface area contributed by atoms with Crippen molar-refractivity contribution >= 4 is 0 Å². The lowest BCUT2D eigenvalue weighted by molar-refractivity contribution is -0.0120. The van der Waals surface area contributed by atoms with E-state index < -0.39 is 12.5 Å². The van der Waals surface area contributed by atoms with Crippen molar-refractivity contribution in [3.63, 3.8) is 0 Å². The summed E-state index contributed by atoms with van der Waals surface area (Å²) in [5, 5.41) is 0. The van der Waals surface area contributed by atoms with Gasteiger partial charge in [0.2, 0.25) is 0 Å². The molecule has 2 N–H and O–H groups in total. The van der Waals surface area contributed by atoms with Gasteiger partial charge in [-0.3, -0.25) is 0 Å². The van der Waals surface area contributed by atoms with Crippen molar-refractivity contribution in [1.82, 2.24) is 4.90 Å². The molecule has 0 heterocycles. The molecule has 0 spiro atoms. The summed E-state index contributed by atoms with van der Waals surface area (Å²) >= 11 is 0. The van der Waals surface area contributed by atoms with Crippen LogP contribution in [0, 0.1) is 0 Å². The number of hydrogen-bond acceptors (Lipinski definition) is 2. The molecule has 9 heavy (non-hydrogen) atoms. The van der Waals surface area contributed by atoms with Crippen molar-refractivity contribution in [3.8, 4) is 0 Å². The van der Waals surface area contributed by atoms with Gasteiger partial charge >= 0.3 is 0 Å².